The molecule has 1 heterocycles. The van der Waals surface area contributed by atoms with E-state index in [2.05, 4.69) is 14.4 Å². The summed E-state index contributed by atoms with van der Waals surface area (Å²) in [5.41, 5.74) is 0.979. The predicted octanol–water partition coefficient (Wildman–Crippen LogP) is -0.807. The van der Waals surface area contributed by atoms with Crippen molar-refractivity contribution in [3.8, 4) is 0 Å². The van der Waals surface area contributed by atoms with Gasteiger partial charge in [-0.2, -0.15) is 4.33 Å². The van der Waals surface area contributed by atoms with Crippen LogP contribution in [-0.4, -0.2) is 4.98 Å². The van der Waals surface area contributed by atoms with Crippen LogP contribution in [-0.2, 0) is 9.37 Å². The Kier molecular flexibility index (Phi) is 5.75. The van der Waals surface area contributed by atoms with Gasteiger partial charge in [-0.25, -0.2) is 0 Å². The Balaban J connectivity index is 0.00000112. The van der Waals surface area contributed by atoms with Gasteiger partial charge in [0, 0.05) is 4.90 Å². The molecule has 0 aliphatic rings. The maximum atomic E-state index is 9.61. The van der Waals surface area contributed by atoms with E-state index in [0.29, 0.717) is 0 Å². The second-order valence-corrected chi connectivity index (χ2v) is 4.88. The second kappa shape index (κ2) is 6.33. The maximum Gasteiger partial charge on any atom is 1.00 e. The average molecular weight is 269 g/mol. The number of nitrogens with one attached hydrogen (secondary N) is 1. The van der Waals surface area contributed by atoms with E-state index >= 15 is 0 Å². The summed E-state index contributed by atoms with van der Waals surface area (Å²) in [6.07, 6.45) is 0. The molecule has 4 nitrogen and oxygen atoms in total. The summed E-state index contributed by atoms with van der Waals surface area (Å²) >= 11 is 7.33. The van der Waals surface area contributed by atoms with Gasteiger partial charge in [0.2, 0.25) is 0 Å². The number of aromatic nitrogens is 1. The fraction of sp³-hybridized carbons (Fsp3) is 0. The van der Waals surface area contributed by atoms with E-state index < -0.39 is 0 Å². The normalized spacial score (nSPS) is 10.2. The molecule has 1 N–H and O–H groups in total. The summed E-state index contributed by atoms with van der Waals surface area (Å²) in [6, 6.07) is 5.55. The van der Waals surface area contributed by atoms with Gasteiger partial charge < -0.3 is 10.2 Å². The topological polar surface area (TPSA) is 57.3 Å². The Morgan fingerprint density at radius 3 is 3.00 bits per heavy atom. The number of hydrogen-bond acceptors (Lipinski definition) is 6. The predicted molar refractivity (Wildman–Crippen MR) is 55.0 cm³/mol. The molecule has 0 atom stereocenters. The smallest absolute Gasteiger partial charge is 0.691 e. The van der Waals surface area contributed by atoms with E-state index in [1.165, 1.54) is 11.3 Å². The molecule has 2 rings (SSSR count). The number of aromatic amines is 1. The fourth-order valence-electron chi connectivity index (χ4n) is 1.03. The summed E-state index contributed by atoms with van der Waals surface area (Å²) in [4.78, 5) is 3.82. The standard InChI is InChI=1S/C7H5NO3S3.Na/c9-10-11-14-4-1-2-5-6(3-4)13-7(12)8-5;/h1-3,9H,(H,8,12);/q;+1/p-1. The van der Waals surface area contributed by atoms with Gasteiger partial charge in [0.25, 0.3) is 0 Å². The van der Waals surface area contributed by atoms with Gasteiger partial charge in [-0.3, -0.25) is 5.04 Å². The third-order valence-electron chi connectivity index (χ3n) is 1.55. The third-order valence-corrected chi connectivity index (χ3v) is 3.32. The van der Waals surface area contributed by atoms with E-state index in [1.54, 1.807) is 0 Å². The minimum Gasteiger partial charge on any atom is -0.691 e. The first-order chi connectivity index (χ1) is 6.79. The summed E-state index contributed by atoms with van der Waals surface area (Å²) in [6.45, 7) is 0. The SMILES string of the molecule is [Na+].[O-]OOSc1ccc2[nH]c(=S)sc2c1. The summed E-state index contributed by atoms with van der Waals surface area (Å²) in [5.74, 6) is 0. The molecule has 0 amide bonds. The monoisotopic (exact) mass is 269 g/mol. The van der Waals surface area contributed by atoms with Crippen molar-refractivity contribution in [2.24, 2.45) is 0 Å². The summed E-state index contributed by atoms with van der Waals surface area (Å²) in [5, 5.41) is 12.9. The summed E-state index contributed by atoms with van der Waals surface area (Å²) in [7, 11) is 0. The van der Waals surface area contributed by atoms with Gasteiger partial charge in [0.15, 0.2) is 3.95 Å². The van der Waals surface area contributed by atoms with Gasteiger partial charge in [-0.1, -0.05) is 0 Å². The number of fused-ring (bicyclic) bond motifs is 1. The first kappa shape index (κ1) is 13.6. The van der Waals surface area contributed by atoms with Crippen LogP contribution in [0.3, 0.4) is 0 Å². The largest absolute Gasteiger partial charge is 1.00 e. The Hall–Kier alpha value is 0.560. The zero-order valence-electron chi connectivity index (χ0n) is 7.68. The molecule has 1 aromatic carbocycles. The van der Waals surface area contributed by atoms with Crippen LogP contribution in [0.4, 0.5) is 0 Å². The molecule has 0 bridgehead atoms. The van der Waals surface area contributed by atoms with Gasteiger partial charge in [-0.05, 0) is 30.4 Å². The van der Waals surface area contributed by atoms with Crippen molar-refractivity contribution in [3.05, 3.63) is 22.2 Å². The van der Waals surface area contributed by atoms with Crippen LogP contribution in [0.5, 0.6) is 0 Å². The van der Waals surface area contributed by atoms with Crippen molar-refractivity contribution in [3.63, 3.8) is 0 Å². The number of H-pyrrole nitrogens is 1. The molecular formula is C7H4NNaO3S3. The quantitative estimate of drug-likeness (QED) is 0.260. The Labute approximate surface area is 121 Å². The van der Waals surface area contributed by atoms with E-state index in [1.807, 2.05) is 18.2 Å². The molecule has 2 aromatic rings. The second-order valence-electron chi connectivity index (χ2n) is 2.39. The molecule has 0 saturated heterocycles. The van der Waals surface area contributed by atoms with Crippen LogP contribution in [0.25, 0.3) is 10.2 Å². The minimum atomic E-state index is 0. The van der Waals surface area contributed by atoms with Crippen molar-refractivity contribution in [2.45, 2.75) is 4.90 Å². The molecule has 0 spiro atoms. The Bertz CT molecular complexity index is 497. The first-order valence-electron chi connectivity index (χ1n) is 3.55. The molecular weight excluding hydrogens is 265 g/mol. The van der Waals surface area contributed by atoms with Gasteiger partial charge in [-0.15, -0.1) is 11.3 Å². The number of rotatable bonds is 3. The van der Waals surface area contributed by atoms with E-state index in [-0.39, 0.29) is 29.6 Å². The number of thiazole rings is 1. The van der Waals surface area contributed by atoms with Crippen molar-refractivity contribution in [1.29, 1.82) is 0 Å². The number of hydrogen-bond donors (Lipinski definition) is 1. The zero-order valence-corrected chi connectivity index (χ0v) is 12.1. The molecule has 1 aromatic heterocycles. The molecule has 0 saturated carbocycles. The van der Waals surface area contributed by atoms with Crippen LogP contribution in [0.15, 0.2) is 23.1 Å². The molecule has 0 unspecified atom stereocenters. The third kappa shape index (κ3) is 3.52. The van der Waals surface area contributed by atoms with Crippen LogP contribution in [0.1, 0.15) is 0 Å². The molecule has 15 heavy (non-hydrogen) atoms. The fourth-order valence-corrected chi connectivity index (χ4v) is 2.66. The van der Waals surface area contributed by atoms with Gasteiger partial charge >= 0.3 is 29.6 Å². The Morgan fingerprint density at radius 2 is 2.27 bits per heavy atom. The van der Waals surface area contributed by atoms with Gasteiger partial charge in [0.05, 0.1) is 22.3 Å². The zero-order chi connectivity index (χ0) is 9.97. The maximum absolute atomic E-state index is 9.61. The van der Waals surface area contributed by atoms with E-state index in [0.717, 1.165) is 31.1 Å². The van der Waals surface area contributed by atoms with Crippen LogP contribution < -0.4 is 34.8 Å². The van der Waals surface area contributed by atoms with E-state index in [9.17, 15) is 5.26 Å². The van der Waals surface area contributed by atoms with E-state index in [4.69, 9.17) is 12.2 Å². The molecule has 8 heteroatoms. The van der Waals surface area contributed by atoms with Crippen LogP contribution >= 0.6 is 35.6 Å². The summed E-state index contributed by atoms with van der Waals surface area (Å²) < 4.78 is 5.95. The van der Waals surface area contributed by atoms with Crippen LogP contribution in [0.2, 0.25) is 0 Å². The molecule has 0 fully saturated rings. The van der Waals surface area contributed by atoms with Crippen LogP contribution in [0, 0.1) is 3.95 Å². The molecule has 0 aliphatic carbocycles. The average Bonchev–Trinajstić information content (AvgIpc) is 2.54. The van der Waals surface area contributed by atoms with Crippen molar-refractivity contribution in [2.75, 3.05) is 0 Å². The molecule has 0 aliphatic heterocycles. The molecule has 0 radical (unpaired) electrons. The van der Waals surface area contributed by atoms with Gasteiger partial charge in [0.1, 0.15) is 0 Å². The van der Waals surface area contributed by atoms with Crippen molar-refractivity contribution >= 4 is 45.8 Å². The first-order valence-corrected chi connectivity index (χ1v) is 5.52. The molecule has 74 valence electrons. The minimum absolute atomic E-state index is 0. The Morgan fingerprint density at radius 1 is 1.47 bits per heavy atom. The van der Waals surface area contributed by atoms with Crippen molar-refractivity contribution in [1.82, 2.24) is 4.98 Å². The van der Waals surface area contributed by atoms with Crippen molar-refractivity contribution < 1.29 is 44.2 Å². The number of benzene rings is 1.